The average molecular weight is 362 g/mol. The summed E-state index contributed by atoms with van der Waals surface area (Å²) in [5.41, 5.74) is 0.388. The number of para-hydroxylation sites is 1. The number of amides is 2. The highest BCUT2D eigenvalue weighted by atomic mass is 32.2. The molecule has 2 aliphatic rings. The lowest BCUT2D eigenvalue weighted by molar-refractivity contribution is -0.151. The van der Waals surface area contributed by atoms with E-state index in [1.807, 2.05) is 45.0 Å². The Labute approximate surface area is 151 Å². The van der Waals surface area contributed by atoms with Crippen LogP contribution < -0.4 is 10.2 Å². The fraction of sp³-hybridized carbons (Fsp3) is 0.500. The second-order valence-corrected chi connectivity index (χ2v) is 8.26. The second-order valence-electron chi connectivity index (χ2n) is 6.95. The minimum atomic E-state index is -1.08. The Kier molecular flexibility index (Phi) is 4.53. The van der Waals surface area contributed by atoms with Crippen LogP contribution in [0.1, 0.15) is 40.0 Å². The molecule has 0 bridgehead atoms. The Balaban J connectivity index is 1.72. The standard InChI is InChI=1S/C18H22N2O4S/c1-4-17(2,3)19-14(21)11-24-16(23)18-10-9-15(22)20(18)12-7-5-6-8-13(12)25-18/h5-8H,4,9-11H2,1-3H3,(H,19,21). The molecule has 25 heavy (non-hydrogen) atoms. The van der Waals surface area contributed by atoms with Crippen molar-refractivity contribution in [3.8, 4) is 0 Å². The molecule has 0 saturated carbocycles. The molecule has 2 heterocycles. The van der Waals surface area contributed by atoms with Crippen molar-refractivity contribution in [1.29, 1.82) is 0 Å². The van der Waals surface area contributed by atoms with E-state index < -0.39 is 10.8 Å². The molecule has 1 fully saturated rings. The molecule has 1 unspecified atom stereocenters. The maximum atomic E-state index is 12.8. The number of nitrogens with zero attached hydrogens (tertiary/aromatic N) is 1. The normalized spacial score (nSPS) is 21.7. The van der Waals surface area contributed by atoms with Crippen molar-refractivity contribution in [3.63, 3.8) is 0 Å². The number of rotatable bonds is 5. The highest BCUT2D eigenvalue weighted by Crippen LogP contribution is 2.56. The first-order chi connectivity index (χ1) is 11.8. The predicted octanol–water partition coefficient (Wildman–Crippen LogP) is 2.46. The lowest BCUT2D eigenvalue weighted by Gasteiger charge is -2.29. The van der Waals surface area contributed by atoms with Crippen LogP contribution in [-0.2, 0) is 19.1 Å². The quantitative estimate of drug-likeness (QED) is 0.815. The average Bonchev–Trinajstić information content (AvgIpc) is 3.08. The number of esters is 1. The van der Waals surface area contributed by atoms with Gasteiger partial charge in [0.25, 0.3) is 5.91 Å². The minimum Gasteiger partial charge on any atom is -0.453 e. The Morgan fingerprint density at radius 3 is 2.80 bits per heavy atom. The van der Waals surface area contributed by atoms with E-state index in [1.165, 1.54) is 16.7 Å². The zero-order valence-corrected chi connectivity index (χ0v) is 15.4. The van der Waals surface area contributed by atoms with Gasteiger partial charge in [-0.15, -0.1) is 0 Å². The van der Waals surface area contributed by atoms with Gasteiger partial charge in [-0.3, -0.25) is 14.5 Å². The van der Waals surface area contributed by atoms with Gasteiger partial charge in [0.15, 0.2) is 11.5 Å². The number of fused-ring (bicyclic) bond motifs is 3. The summed E-state index contributed by atoms with van der Waals surface area (Å²) < 4.78 is 5.30. The molecule has 7 heteroatoms. The number of ether oxygens (including phenoxy) is 1. The summed E-state index contributed by atoms with van der Waals surface area (Å²) in [6.07, 6.45) is 1.45. The van der Waals surface area contributed by atoms with Crippen LogP contribution in [0.4, 0.5) is 5.69 Å². The van der Waals surface area contributed by atoms with E-state index in [9.17, 15) is 14.4 Å². The van der Waals surface area contributed by atoms with Gasteiger partial charge in [0, 0.05) is 23.3 Å². The number of hydrogen-bond acceptors (Lipinski definition) is 5. The first-order valence-corrected chi connectivity index (χ1v) is 9.20. The summed E-state index contributed by atoms with van der Waals surface area (Å²) in [5, 5.41) is 2.83. The number of nitrogens with one attached hydrogen (secondary N) is 1. The molecule has 134 valence electrons. The van der Waals surface area contributed by atoms with E-state index in [2.05, 4.69) is 5.32 Å². The van der Waals surface area contributed by atoms with Gasteiger partial charge in [0.1, 0.15) is 0 Å². The molecule has 6 nitrogen and oxygen atoms in total. The van der Waals surface area contributed by atoms with E-state index >= 15 is 0 Å². The fourth-order valence-corrected chi connectivity index (χ4v) is 4.43. The van der Waals surface area contributed by atoms with Crippen LogP contribution in [0.3, 0.4) is 0 Å². The van der Waals surface area contributed by atoms with Gasteiger partial charge >= 0.3 is 5.97 Å². The third kappa shape index (κ3) is 3.13. The number of benzene rings is 1. The largest absolute Gasteiger partial charge is 0.453 e. The number of carbonyl (C=O) groups is 3. The smallest absolute Gasteiger partial charge is 0.344 e. The zero-order valence-electron chi connectivity index (χ0n) is 14.6. The number of anilines is 1. The SMILES string of the molecule is CCC(C)(C)NC(=O)COC(=O)C12CCC(=O)N1c1ccccc1S2. The van der Waals surface area contributed by atoms with Crippen molar-refractivity contribution in [2.45, 2.75) is 55.3 Å². The number of hydrogen-bond donors (Lipinski definition) is 1. The lowest BCUT2D eigenvalue weighted by Crippen LogP contribution is -2.49. The highest BCUT2D eigenvalue weighted by Gasteiger charge is 2.58. The first-order valence-electron chi connectivity index (χ1n) is 8.38. The molecule has 2 aliphatic heterocycles. The first kappa shape index (κ1) is 17.8. The van der Waals surface area contributed by atoms with E-state index in [4.69, 9.17) is 4.74 Å². The van der Waals surface area contributed by atoms with Crippen molar-refractivity contribution in [3.05, 3.63) is 24.3 Å². The van der Waals surface area contributed by atoms with Crippen LogP contribution in [0, 0.1) is 0 Å². The van der Waals surface area contributed by atoms with E-state index in [1.54, 1.807) is 0 Å². The summed E-state index contributed by atoms with van der Waals surface area (Å²) in [5.74, 6) is -0.969. The number of carbonyl (C=O) groups excluding carboxylic acids is 3. The Bertz CT molecular complexity index is 734. The van der Waals surface area contributed by atoms with Crippen LogP contribution in [-0.4, -0.2) is 34.8 Å². The third-order valence-electron chi connectivity index (χ3n) is 4.69. The van der Waals surface area contributed by atoms with Crippen molar-refractivity contribution in [1.82, 2.24) is 5.32 Å². The van der Waals surface area contributed by atoms with Crippen LogP contribution in [0.15, 0.2) is 29.2 Å². The molecule has 1 aromatic rings. The molecule has 3 rings (SSSR count). The summed E-state index contributed by atoms with van der Waals surface area (Å²) >= 11 is 1.33. The monoisotopic (exact) mass is 362 g/mol. The summed E-state index contributed by atoms with van der Waals surface area (Å²) in [6, 6.07) is 7.43. The number of thioether (sulfide) groups is 1. The second kappa shape index (κ2) is 6.37. The maximum Gasteiger partial charge on any atom is 0.344 e. The van der Waals surface area contributed by atoms with Gasteiger partial charge in [-0.25, -0.2) is 4.79 Å². The van der Waals surface area contributed by atoms with Crippen molar-refractivity contribution in [2.75, 3.05) is 11.5 Å². The fourth-order valence-electron chi connectivity index (χ4n) is 3.02. The predicted molar refractivity (Wildman–Crippen MR) is 95.2 cm³/mol. The van der Waals surface area contributed by atoms with E-state index in [0.29, 0.717) is 12.8 Å². The molecule has 1 N–H and O–H groups in total. The van der Waals surface area contributed by atoms with Crippen LogP contribution in [0.25, 0.3) is 0 Å². The molecular weight excluding hydrogens is 340 g/mol. The highest BCUT2D eigenvalue weighted by molar-refractivity contribution is 8.02. The van der Waals surface area contributed by atoms with Gasteiger partial charge in [-0.05, 0) is 32.4 Å². The molecule has 0 radical (unpaired) electrons. The van der Waals surface area contributed by atoms with Gasteiger partial charge in [0.05, 0.1) is 5.69 Å². The molecule has 1 atom stereocenters. The van der Waals surface area contributed by atoms with Crippen LogP contribution in [0.5, 0.6) is 0 Å². The molecule has 0 aliphatic carbocycles. The Morgan fingerprint density at radius 1 is 1.36 bits per heavy atom. The maximum absolute atomic E-state index is 12.8. The molecule has 2 amide bonds. The Hall–Kier alpha value is -2.02. The molecular formula is C18H22N2O4S. The Morgan fingerprint density at radius 2 is 2.08 bits per heavy atom. The van der Waals surface area contributed by atoms with Crippen molar-refractivity contribution in [2.24, 2.45) is 0 Å². The van der Waals surface area contributed by atoms with E-state index in [0.717, 1.165) is 17.0 Å². The third-order valence-corrected chi connectivity index (χ3v) is 6.14. The molecule has 0 spiro atoms. The summed E-state index contributed by atoms with van der Waals surface area (Å²) in [7, 11) is 0. The lowest BCUT2D eigenvalue weighted by atomic mass is 10.0. The minimum absolute atomic E-state index is 0.0917. The zero-order chi connectivity index (χ0) is 18.2. The molecule has 1 saturated heterocycles. The van der Waals surface area contributed by atoms with Crippen LogP contribution in [0.2, 0.25) is 0 Å². The summed E-state index contributed by atoms with van der Waals surface area (Å²) in [6.45, 7) is 5.45. The van der Waals surface area contributed by atoms with Gasteiger partial charge < -0.3 is 10.1 Å². The van der Waals surface area contributed by atoms with Gasteiger partial charge in [0.2, 0.25) is 5.91 Å². The topological polar surface area (TPSA) is 75.7 Å². The van der Waals surface area contributed by atoms with E-state index in [-0.39, 0.29) is 24.0 Å². The van der Waals surface area contributed by atoms with Gasteiger partial charge in [-0.1, -0.05) is 30.8 Å². The summed E-state index contributed by atoms with van der Waals surface area (Å²) in [4.78, 5) is 38.5. The van der Waals surface area contributed by atoms with Crippen LogP contribution >= 0.6 is 11.8 Å². The van der Waals surface area contributed by atoms with Crippen molar-refractivity contribution >= 4 is 35.2 Å². The molecule has 0 aromatic heterocycles. The van der Waals surface area contributed by atoms with Gasteiger partial charge in [-0.2, -0.15) is 0 Å². The van der Waals surface area contributed by atoms with Crippen molar-refractivity contribution < 1.29 is 19.1 Å². The molecule has 1 aromatic carbocycles.